The van der Waals surface area contributed by atoms with Crippen LogP contribution in [0.2, 0.25) is 0 Å². The van der Waals surface area contributed by atoms with E-state index in [2.05, 4.69) is 50.0 Å². The molecule has 1 aromatic rings. The third-order valence-electron chi connectivity index (χ3n) is 4.14. The maximum absolute atomic E-state index is 4.32. The molecule has 1 heteroatoms. The Bertz CT molecular complexity index is 352. The minimum Gasteiger partial charge on any atom is -0.261 e. The summed E-state index contributed by atoms with van der Waals surface area (Å²) >= 11 is 0. The lowest BCUT2D eigenvalue weighted by atomic mass is 10.1. The molecular weight excluding hydrogens is 290 g/mol. The van der Waals surface area contributed by atoms with Gasteiger partial charge in [-0.1, -0.05) is 96.8 Å². The van der Waals surface area contributed by atoms with Crippen LogP contribution in [0.4, 0.5) is 0 Å². The predicted octanol–water partition coefficient (Wildman–Crippen LogP) is 7.91. The number of aromatic nitrogens is 1. The monoisotopic (exact) mass is 331 g/mol. The first kappa shape index (κ1) is 22.9. The molecule has 1 rings (SSSR count). The van der Waals surface area contributed by atoms with Crippen molar-refractivity contribution in [3.63, 3.8) is 0 Å². The zero-order valence-electron chi connectivity index (χ0n) is 16.6. The van der Waals surface area contributed by atoms with Crippen molar-refractivity contribution >= 4 is 0 Å². The van der Waals surface area contributed by atoms with E-state index < -0.39 is 0 Å². The molecule has 0 aliphatic carbocycles. The van der Waals surface area contributed by atoms with Gasteiger partial charge in [0.25, 0.3) is 0 Å². The lowest BCUT2D eigenvalue weighted by Gasteiger charge is -1.98. The SMILES string of the molecule is CCCCCC.CCCCCCCC/C=C/CCc1ccccn1. The van der Waals surface area contributed by atoms with Crippen LogP contribution < -0.4 is 0 Å². The van der Waals surface area contributed by atoms with E-state index in [1.54, 1.807) is 0 Å². The van der Waals surface area contributed by atoms with Crippen LogP contribution in [0.1, 0.15) is 104 Å². The number of hydrogen-bond donors (Lipinski definition) is 0. The maximum atomic E-state index is 4.32. The van der Waals surface area contributed by atoms with Crippen molar-refractivity contribution in [2.75, 3.05) is 0 Å². The highest BCUT2D eigenvalue weighted by Gasteiger charge is 1.90. The van der Waals surface area contributed by atoms with Gasteiger partial charge in [-0.25, -0.2) is 0 Å². The number of pyridine rings is 1. The van der Waals surface area contributed by atoms with Gasteiger partial charge >= 0.3 is 0 Å². The fourth-order valence-corrected chi connectivity index (χ4v) is 2.56. The van der Waals surface area contributed by atoms with E-state index in [1.807, 2.05) is 12.3 Å². The van der Waals surface area contributed by atoms with Crippen molar-refractivity contribution in [1.82, 2.24) is 4.98 Å². The Balaban J connectivity index is 0.000000754. The second-order valence-electron chi connectivity index (χ2n) is 6.59. The van der Waals surface area contributed by atoms with Crippen LogP contribution in [0.25, 0.3) is 0 Å². The van der Waals surface area contributed by atoms with Crippen LogP contribution in [0.15, 0.2) is 36.5 Å². The molecule has 24 heavy (non-hydrogen) atoms. The lowest BCUT2D eigenvalue weighted by Crippen LogP contribution is -1.86. The summed E-state index contributed by atoms with van der Waals surface area (Å²) in [7, 11) is 0. The fourth-order valence-electron chi connectivity index (χ4n) is 2.56. The quantitative estimate of drug-likeness (QED) is 0.264. The zero-order valence-corrected chi connectivity index (χ0v) is 16.6. The molecule has 0 aromatic carbocycles. The molecule has 0 radical (unpaired) electrons. The molecule has 0 atom stereocenters. The van der Waals surface area contributed by atoms with Gasteiger partial charge in [0.2, 0.25) is 0 Å². The molecule has 0 N–H and O–H groups in total. The van der Waals surface area contributed by atoms with Gasteiger partial charge in [-0.15, -0.1) is 0 Å². The number of nitrogens with zero attached hydrogens (tertiary/aromatic N) is 1. The number of rotatable bonds is 13. The molecule has 0 saturated heterocycles. The molecular formula is C23H41N. The first-order valence-electron chi connectivity index (χ1n) is 10.4. The predicted molar refractivity (Wildman–Crippen MR) is 110 cm³/mol. The van der Waals surface area contributed by atoms with Gasteiger partial charge in [0.05, 0.1) is 0 Å². The highest BCUT2D eigenvalue weighted by molar-refractivity contribution is 5.04. The molecule has 0 unspecified atom stereocenters. The van der Waals surface area contributed by atoms with Crippen LogP contribution >= 0.6 is 0 Å². The number of allylic oxidation sites excluding steroid dienone is 2. The van der Waals surface area contributed by atoms with E-state index in [0.29, 0.717) is 0 Å². The molecule has 1 heterocycles. The van der Waals surface area contributed by atoms with Gasteiger partial charge in [0.1, 0.15) is 0 Å². The Hall–Kier alpha value is -1.11. The maximum Gasteiger partial charge on any atom is 0.0406 e. The molecule has 0 fully saturated rings. The topological polar surface area (TPSA) is 12.9 Å². The van der Waals surface area contributed by atoms with Crippen LogP contribution in [-0.4, -0.2) is 4.98 Å². The van der Waals surface area contributed by atoms with Crippen molar-refractivity contribution in [3.05, 3.63) is 42.2 Å². The second kappa shape index (κ2) is 19.9. The Labute approximate surface area is 152 Å². The Kier molecular flexibility index (Phi) is 19.0. The molecule has 138 valence electrons. The first-order valence-corrected chi connectivity index (χ1v) is 10.4. The molecule has 1 nitrogen and oxygen atoms in total. The number of hydrogen-bond acceptors (Lipinski definition) is 1. The molecule has 0 spiro atoms. The average molecular weight is 332 g/mol. The fraction of sp³-hybridized carbons (Fsp3) is 0.696. The molecule has 0 aliphatic rings. The summed E-state index contributed by atoms with van der Waals surface area (Å²) in [5, 5.41) is 0. The van der Waals surface area contributed by atoms with Crippen molar-refractivity contribution in [1.29, 1.82) is 0 Å². The molecule has 0 saturated carbocycles. The summed E-state index contributed by atoms with van der Waals surface area (Å²) in [6, 6.07) is 6.13. The summed E-state index contributed by atoms with van der Waals surface area (Å²) in [6.45, 7) is 6.73. The van der Waals surface area contributed by atoms with Crippen LogP contribution in [0.3, 0.4) is 0 Å². The van der Waals surface area contributed by atoms with E-state index in [1.165, 1.54) is 76.3 Å². The van der Waals surface area contributed by atoms with Gasteiger partial charge in [0, 0.05) is 11.9 Å². The highest BCUT2D eigenvalue weighted by Crippen LogP contribution is 2.07. The van der Waals surface area contributed by atoms with E-state index in [-0.39, 0.29) is 0 Å². The zero-order chi connectivity index (χ0) is 17.7. The summed E-state index contributed by atoms with van der Waals surface area (Å²) in [6.07, 6.45) is 23.8. The van der Waals surface area contributed by atoms with Gasteiger partial charge in [-0.3, -0.25) is 4.98 Å². The van der Waals surface area contributed by atoms with E-state index in [0.717, 1.165) is 12.8 Å². The van der Waals surface area contributed by atoms with Crippen molar-refractivity contribution in [2.45, 2.75) is 104 Å². The smallest absolute Gasteiger partial charge is 0.0406 e. The Morgan fingerprint density at radius 1 is 0.708 bits per heavy atom. The molecule has 1 aromatic heterocycles. The minimum absolute atomic E-state index is 1.06. The highest BCUT2D eigenvalue weighted by atomic mass is 14.7. The van der Waals surface area contributed by atoms with E-state index >= 15 is 0 Å². The summed E-state index contributed by atoms with van der Waals surface area (Å²) in [5.41, 5.74) is 1.20. The van der Waals surface area contributed by atoms with Crippen LogP contribution in [0.5, 0.6) is 0 Å². The third kappa shape index (κ3) is 17.2. The van der Waals surface area contributed by atoms with Gasteiger partial charge in [-0.05, 0) is 37.8 Å². The van der Waals surface area contributed by atoms with Gasteiger partial charge in [-0.2, -0.15) is 0 Å². The molecule has 0 aliphatic heterocycles. The molecule has 0 bridgehead atoms. The average Bonchev–Trinajstić information content (AvgIpc) is 2.63. The summed E-state index contributed by atoms with van der Waals surface area (Å²) in [5.74, 6) is 0. The summed E-state index contributed by atoms with van der Waals surface area (Å²) in [4.78, 5) is 4.32. The Morgan fingerprint density at radius 3 is 1.92 bits per heavy atom. The number of aryl methyl sites for hydroxylation is 1. The van der Waals surface area contributed by atoms with Crippen LogP contribution in [-0.2, 0) is 6.42 Å². The third-order valence-corrected chi connectivity index (χ3v) is 4.14. The van der Waals surface area contributed by atoms with Crippen molar-refractivity contribution in [2.24, 2.45) is 0 Å². The first-order chi connectivity index (χ1) is 11.8. The van der Waals surface area contributed by atoms with Gasteiger partial charge in [0.15, 0.2) is 0 Å². The minimum atomic E-state index is 1.06. The second-order valence-corrected chi connectivity index (χ2v) is 6.59. The normalized spacial score (nSPS) is 10.6. The Morgan fingerprint density at radius 2 is 1.29 bits per heavy atom. The lowest BCUT2D eigenvalue weighted by molar-refractivity contribution is 0.611. The largest absolute Gasteiger partial charge is 0.261 e. The van der Waals surface area contributed by atoms with Crippen molar-refractivity contribution < 1.29 is 0 Å². The summed E-state index contributed by atoms with van der Waals surface area (Å²) < 4.78 is 0. The molecule has 0 amide bonds. The van der Waals surface area contributed by atoms with Gasteiger partial charge < -0.3 is 0 Å². The van der Waals surface area contributed by atoms with Crippen LogP contribution in [0, 0.1) is 0 Å². The standard InChI is InChI=1S/C17H27N.C6H14/c1-2-3-4-5-6-7-8-9-10-11-14-17-15-12-13-16-18-17;1-3-5-6-4-2/h9-10,12-13,15-16H,2-8,11,14H2,1H3;3-6H2,1-2H3/b10-9+;. The number of unbranched alkanes of at least 4 members (excludes halogenated alkanes) is 9. The van der Waals surface area contributed by atoms with E-state index in [4.69, 9.17) is 0 Å². The van der Waals surface area contributed by atoms with Crippen molar-refractivity contribution in [3.8, 4) is 0 Å². The van der Waals surface area contributed by atoms with E-state index in [9.17, 15) is 0 Å².